The Bertz CT molecular complexity index is 899. The number of piperidine rings is 1. The monoisotopic (exact) mass is 382 g/mol. The molecule has 1 amide bonds. The summed E-state index contributed by atoms with van der Waals surface area (Å²) >= 11 is 1.43. The highest BCUT2D eigenvalue weighted by atomic mass is 32.1. The number of thiazole rings is 1. The summed E-state index contributed by atoms with van der Waals surface area (Å²) in [5.41, 5.74) is 8.94. The number of para-hydroxylation sites is 2. The summed E-state index contributed by atoms with van der Waals surface area (Å²) in [7, 11) is 0. The molecule has 2 aromatic heterocycles. The van der Waals surface area contributed by atoms with Crippen molar-refractivity contribution in [2.24, 2.45) is 11.7 Å². The molecule has 8 heteroatoms. The number of benzene rings is 1. The van der Waals surface area contributed by atoms with Crippen LogP contribution < -0.4 is 16.0 Å². The number of nitrogens with one attached hydrogen (secondary N) is 2. The summed E-state index contributed by atoms with van der Waals surface area (Å²) in [6.07, 6.45) is 5.62. The van der Waals surface area contributed by atoms with Crippen molar-refractivity contribution in [2.45, 2.75) is 12.8 Å². The molecule has 1 aliphatic rings. The molecule has 140 valence electrons. The standard InChI is InChI=1S/C19H22N6OS/c20-9-13-5-7-25(8-6-13)17-4-2-1-3-15(17)23-18(26)16-12-27-19(24-16)14-10-21-22-11-14/h1-4,10-13H,5-9,20H2,(H,21,22)(H,23,26). The van der Waals surface area contributed by atoms with E-state index < -0.39 is 0 Å². The average molecular weight is 382 g/mol. The van der Waals surface area contributed by atoms with Gasteiger partial charge in [0.1, 0.15) is 10.7 Å². The first kappa shape index (κ1) is 17.7. The van der Waals surface area contributed by atoms with E-state index in [0.717, 1.165) is 54.4 Å². The smallest absolute Gasteiger partial charge is 0.275 e. The van der Waals surface area contributed by atoms with Crippen LogP contribution in [0.1, 0.15) is 23.3 Å². The molecule has 3 aromatic rings. The number of anilines is 2. The van der Waals surface area contributed by atoms with Crippen LogP contribution in [-0.4, -0.2) is 40.7 Å². The van der Waals surface area contributed by atoms with Crippen LogP contribution in [0.15, 0.2) is 42.0 Å². The number of carbonyl (C=O) groups excluding carboxylic acids is 1. The van der Waals surface area contributed by atoms with Gasteiger partial charge in [-0.3, -0.25) is 9.89 Å². The summed E-state index contributed by atoms with van der Waals surface area (Å²) in [6, 6.07) is 7.92. The lowest BCUT2D eigenvalue weighted by Gasteiger charge is -2.34. The number of hydrogen-bond donors (Lipinski definition) is 3. The third-order valence-corrected chi connectivity index (χ3v) is 5.81. The molecule has 1 fully saturated rings. The fourth-order valence-electron chi connectivity index (χ4n) is 3.33. The van der Waals surface area contributed by atoms with Gasteiger partial charge in [-0.1, -0.05) is 12.1 Å². The Kier molecular flexibility index (Phi) is 5.17. The second-order valence-electron chi connectivity index (χ2n) is 6.66. The zero-order chi connectivity index (χ0) is 18.6. The van der Waals surface area contributed by atoms with Gasteiger partial charge in [-0.2, -0.15) is 5.10 Å². The van der Waals surface area contributed by atoms with Gasteiger partial charge in [0.2, 0.25) is 0 Å². The molecular weight excluding hydrogens is 360 g/mol. The summed E-state index contributed by atoms with van der Waals surface area (Å²) in [6.45, 7) is 2.65. The Balaban J connectivity index is 1.49. The van der Waals surface area contributed by atoms with Gasteiger partial charge in [0.05, 0.1) is 17.6 Å². The number of carbonyl (C=O) groups is 1. The molecule has 0 spiro atoms. The second kappa shape index (κ2) is 7.89. The van der Waals surface area contributed by atoms with Crippen LogP contribution in [0.5, 0.6) is 0 Å². The lowest BCUT2D eigenvalue weighted by molar-refractivity contribution is 0.102. The minimum atomic E-state index is -0.203. The number of rotatable bonds is 5. The topological polar surface area (TPSA) is 99.9 Å². The number of amides is 1. The van der Waals surface area contributed by atoms with Crippen molar-refractivity contribution >= 4 is 28.6 Å². The third-order valence-electron chi connectivity index (χ3n) is 4.92. The van der Waals surface area contributed by atoms with Crippen LogP contribution in [0.3, 0.4) is 0 Å². The number of aromatic nitrogens is 3. The van der Waals surface area contributed by atoms with Crippen LogP contribution in [0.25, 0.3) is 10.6 Å². The molecule has 1 aliphatic heterocycles. The highest BCUT2D eigenvalue weighted by Crippen LogP contribution is 2.30. The molecule has 0 bridgehead atoms. The van der Waals surface area contributed by atoms with E-state index in [0.29, 0.717) is 11.6 Å². The number of hydrogen-bond acceptors (Lipinski definition) is 6. The number of nitrogens with two attached hydrogens (primary N) is 1. The second-order valence-corrected chi connectivity index (χ2v) is 7.52. The van der Waals surface area contributed by atoms with Crippen molar-refractivity contribution in [3.8, 4) is 10.6 Å². The van der Waals surface area contributed by atoms with E-state index in [2.05, 4.69) is 31.5 Å². The van der Waals surface area contributed by atoms with E-state index in [-0.39, 0.29) is 5.91 Å². The molecule has 0 radical (unpaired) electrons. The predicted octanol–water partition coefficient (Wildman–Crippen LogP) is 2.96. The Morgan fingerprint density at radius 2 is 2.15 bits per heavy atom. The zero-order valence-electron chi connectivity index (χ0n) is 14.9. The Labute approximate surface area is 161 Å². The molecule has 27 heavy (non-hydrogen) atoms. The fourth-order valence-corrected chi connectivity index (χ4v) is 4.11. The van der Waals surface area contributed by atoms with Crippen LogP contribution in [0, 0.1) is 5.92 Å². The van der Waals surface area contributed by atoms with Gasteiger partial charge in [-0.05, 0) is 37.4 Å². The molecule has 0 atom stereocenters. The number of H-pyrrole nitrogens is 1. The molecule has 4 N–H and O–H groups in total. The van der Waals surface area contributed by atoms with E-state index in [1.165, 1.54) is 11.3 Å². The van der Waals surface area contributed by atoms with Crippen molar-refractivity contribution in [2.75, 3.05) is 29.9 Å². The Hall–Kier alpha value is -2.71. The van der Waals surface area contributed by atoms with Gasteiger partial charge in [0.15, 0.2) is 0 Å². The highest BCUT2D eigenvalue weighted by molar-refractivity contribution is 7.13. The SMILES string of the molecule is NCC1CCN(c2ccccc2NC(=O)c2csc(-c3cn[nH]c3)n2)CC1. The fraction of sp³-hybridized carbons (Fsp3) is 0.316. The first-order valence-electron chi connectivity index (χ1n) is 9.04. The van der Waals surface area contributed by atoms with E-state index in [9.17, 15) is 4.79 Å². The first-order chi connectivity index (χ1) is 13.2. The van der Waals surface area contributed by atoms with Crippen LogP contribution in [-0.2, 0) is 0 Å². The summed E-state index contributed by atoms with van der Waals surface area (Å²) in [4.78, 5) is 19.5. The maximum Gasteiger partial charge on any atom is 0.275 e. The van der Waals surface area contributed by atoms with Gasteiger partial charge in [0.25, 0.3) is 5.91 Å². The molecule has 0 unspecified atom stereocenters. The van der Waals surface area contributed by atoms with Gasteiger partial charge < -0.3 is 16.0 Å². The summed E-state index contributed by atoms with van der Waals surface area (Å²) < 4.78 is 0. The van der Waals surface area contributed by atoms with Crippen LogP contribution in [0.4, 0.5) is 11.4 Å². The molecular formula is C19H22N6OS. The average Bonchev–Trinajstić information content (AvgIpc) is 3.40. The molecule has 1 saturated heterocycles. The zero-order valence-corrected chi connectivity index (χ0v) is 15.7. The van der Waals surface area contributed by atoms with Crippen LogP contribution >= 0.6 is 11.3 Å². The minimum absolute atomic E-state index is 0.203. The van der Waals surface area contributed by atoms with Crippen molar-refractivity contribution in [3.05, 3.63) is 47.7 Å². The van der Waals surface area contributed by atoms with Crippen molar-refractivity contribution in [3.63, 3.8) is 0 Å². The van der Waals surface area contributed by atoms with Gasteiger partial charge in [-0.25, -0.2) is 4.98 Å². The summed E-state index contributed by atoms with van der Waals surface area (Å²) in [5.74, 6) is 0.393. The van der Waals surface area contributed by atoms with Crippen molar-refractivity contribution in [1.29, 1.82) is 0 Å². The first-order valence-corrected chi connectivity index (χ1v) is 9.92. The Morgan fingerprint density at radius 1 is 1.33 bits per heavy atom. The van der Waals surface area contributed by atoms with Gasteiger partial charge in [0, 0.05) is 30.2 Å². The third kappa shape index (κ3) is 3.86. The number of aromatic amines is 1. The molecule has 3 heterocycles. The molecule has 7 nitrogen and oxygen atoms in total. The van der Waals surface area contributed by atoms with E-state index in [1.807, 2.05) is 18.2 Å². The van der Waals surface area contributed by atoms with E-state index in [1.54, 1.807) is 17.8 Å². The van der Waals surface area contributed by atoms with E-state index >= 15 is 0 Å². The maximum absolute atomic E-state index is 12.7. The minimum Gasteiger partial charge on any atom is -0.370 e. The quantitative estimate of drug-likeness (QED) is 0.630. The normalized spacial score (nSPS) is 15.1. The Morgan fingerprint density at radius 3 is 2.89 bits per heavy atom. The van der Waals surface area contributed by atoms with Crippen LogP contribution in [0.2, 0.25) is 0 Å². The molecule has 0 saturated carbocycles. The largest absolute Gasteiger partial charge is 0.370 e. The maximum atomic E-state index is 12.7. The predicted molar refractivity (Wildman–Crippen MR) is 108 cm³/mol. The molecule has 4 rings (SSSR count). The lowest BCUT2D eigenvalue weighted by atomic mass is 9.96. The molecule has 0 aliphatic carbocycles. The van der Waals surface area contributed by atoms with E-state index in [4.69, 9.17) is 5.73 Å². The summed E-state index contributed by atoms with van der Waals surface area (Å²) in [5, 5.41) is 12.2. The van der Waals surface area contributed by atoms with Gasteiger partial charge >= 0.3 is 0 Å². The molecule has 1 aromatic carbocycles. The lowest BCUT2D eigenvalue weighted by Crippen LogP contribution is -2.36. The highest BCUT2D eigenvalue weighted by Gasteiger charge is 2.21. The van der Waals surface area contributed by atoms with Crippen molar-refractivity contribution < 1.29 is 4.79 Å². The number of nitrogens with zero attached hydrogens (tertiary/aromatic N) is 3. The van der Waals surface area contributed by atoms with Gasteiger partial charge in [-0.15, -0.1) is 11.3 Å². The van der Waals surface area contributed by atoms with Crippen molar-refractivity contribution in [1.82, 2.24) is 15.2 Å².